The zero-order chi connectivity index (χ0) is 33.0. The van der Waals surface area contributed by atoms with Crippen molar-refractivity contribution in [2.24, 2.45) is 0 Å². The van der Waals surface area contributed by atoms with E-state index in [0.29, 0.717) is 17.5 Å². The van der Waals surface area contributed by atoms with Crippen LogP contribution in [0.4, 0.5) is 0 Å². The molecule has 0 N–H and O–H groups in total. The van der Waals surface area contributed by atoms with Crippen LogP contribution in [-0.2, 0) is 0 Å². The fraction of sp³-hybridized carbons (Fsp3) is 0. The molecule has 0 aliphatic heterocycles. The molecule has 0 amide bonds. The summed E-state index contributed by atoms with van der Waals surface area (Å²) in [6.07, 6.45) is 0. The van der Waals surface area contributed by atoms with Gasteiger partial charge in [-0.3, -0.25) is 0 Å². The molecule has 0 saturated heterocycles. The van der Waals surface area contributed by atoms with Crippen LogP contribution >= 0.6 is 11.3 Å². The highest BCUT2D eigenvalue weighted by molar-refractivity contribution is 7.26. The molecule has 0 saturated carbocycles. The number of nitrogens with zero attached hydrogens (tertiary/aromatic N) is 4. The summed E-state index contributed by atoms with van der Waals surface area (Å²) in [5.74, 6) is 2.00. The second-order valence-corrected chi connectivity index (χ2v) is 13.5. The van der Waals surface area contributed by atoms with Crippen LogP contribution in [0.25, 0.3) is 93.0 Å². The van der Waals surface area contributed by atoms with Crippen molar-refractivity contribution in [3.05, 3.63) is 170 Å². The minimum absolute atomic E-state index is 0.664. The first-order valence-corrected chi connectivity index (χ1v) is 17.5. The Bertz CT molecular complexity index is 2800. The summed E-state index contributed by atoms with van der Waals surface area (Å²) in [4.78, 5) is 15.0. The van der Waals surface area contributed by atoms with Crippen molar-refractivity contribution in [3.63, 3.8) is 0 Å². The van der Waals surface area contributed by atoms with Crippen LogP contribution < -0.4 is 0 Å². The van der Waals surface area contributed by atoms with Crippen molar-refractivity contribution in [2.45, 2.75) is 0 Å². The third kappa shape index (κ3) is 4.63. The van der Waals surface area contributed by atoms with E-state index in [1.807, 2.05) is 60.7 Å². The number of para-hydroxylation sites is 3. The lowest BCUT2D eigenvalue weighted by molar-refractivity contribution is 1.08. The average Bonchev–Trinajstić information content (AvgIpc) is 3.74. The van der Waals surface area contributed by atoms with E-state index in [1.165, 1.54) is 53.1 Å². The maximum absolute atomic E-state index is 5.06. The molecule has 0 fully saturated rings. The summed E-state index contributed by atoms with van der Waals surface area (Å²) in [7, 11) is 0. The molecular formula is C45H28N4S. The van der Waals surface area contributed by atoms with Gasteiger partial charge in [-0.15, -0.1) is 11.3 Å². The summed E-state index contributed by atoms with van der Waals surface area (Å²) in [6.45, 7) is 0. The van der Waals surface area contributed by atoms with Crippen molar-refractivity contribution in [2.75, 3.05) is 0 Å². The molecule has 0 atom stereocenters. The Morgan fingerprint density at radius 1 is 0.400 bits per heavy atom. The van der Waals surface area contributed by atoms with E-state index in [-0.39, 0.29) is 0 Å². The van der Waals surface area contributed by atoms with Gasteiger partial charge in [0.15, 0.2) is 17.5 Å². The van der Waals surface area contributed by atoms with E-state index in [9.17, 15) is 0 Å². The quantitative estimate of drug-likeness (QED) is 0.185. The van der Waals surface area contributed by atoms with E-state index in [1.54, 1.807) is 11.3 Å². The smallest absolute Gasteiger partial charge is 0.165 e. The molecule has 234 valence electrons. The number of hydrogen-bond donors (Lipinski definition) is 0. The summed E-state index contributed by atoms with van der Waals surface area (Å²) in [5, 5.41) is 4.92. The zero-order valence-electron chi connectivity index (χ0n) is 26.9. The Morgan fingerprint density at radius 3 is 1.70 bits per heavy atom. The molecule has 3 aromatic heterocycles. The fourth-order valence-corrected chi connectivity index (χ4v) is 8.36. The lowest BCUT2D eigenvalue weighted by Gasteiger charge is -2.12. The van der Waals surface area contributed by atoms with Crippen molar-refractivity contribution in [1.82, 2.24) is 19.5 Å². The predicted octanol–water partition coefficient (Wildman–Crippen LogP) is 12.0. The Morgan fingerprint density at radius 2 is 0.980 bits per heavy atom. The van der Waals surface area contributed by atoms with Gasteiger partial charge in [-0.25, -0.2) is 15.0 Å². The summed E-state index contributed by atoms with van der Waals surface area (Å²) >= 11 is 1.79. The first-order chi connectivity index (χ1) is 24.8. The van der Waals surface area contributed by atoms with Gasteiger partial charge < -0.3 is 4.57 Å². The van der Waals surface area contributed by atoms with Gasteiger partial charge in [-0.05, 0) is 42.0 Å². The second-order valence-electron chi connectivity index (χ2n) is 12.4. The molecule has 0 aliphatic carbocycles. The minimum Gasteiger partial charge on any atom is -0.309 e. The lowest BCUT2D eigenvalue weighted by Crippen LogP contribution is -2.00. The lowest BCUT2D eigenvalue weighted by atomic mass is 9.99. The minimum atomic E-state index is 0.664. The van der Waals surface area contributed by atoms with E-state index >= 15 is 0 Å². The normalized spacial score (nSPS) is 11.6. The van der Waals surface area contributed by atoms with E-state index in [4.69, 9.17) is 15.0 Å². The summed E-state index contributed by atoms with van der Waals surface area (Å²) in [5.41, 5.74) is 8.89. The molecule has 10 aromatic rings. The fourth-order valence-electron chi connectivity index (χ4n) is 7.17. The van der Waals surface area contributed by atoms with Crippen molar-refractivity contribution in [1.29, 1.82) is 0 Å². The van der Waals surface area contributed by atoms with Crippen molar-refractivity contribution < 1.29 is 0 Å². The predicted molar refractivity (Wildman–Crippen MR) is 209 cm³/mol. The molecule has 7 aromatic carbocycles. The molecule has 0 bridgehead atoms. The highest BCUT2D eigenvalue weighted by Gasteiger charge is 2.19. The van der Waals surface area contributed by atoms with Crippen LogP contribution in [0.5, 0.6) is 0 Å². The molecule has 50 heavy (non-hydrogen) atoms. The van der Waals surface area contributed by atoms with Gasteiger partial charge in [-0.2, -0.15) is 0 Å². The second kappa shape index (κ2) is 11.6. The Labute approximate surface area is 292 Å². The molecule has 5 heteroatoms. The van der Waals surface area contributed by atoms with Gasteiger partial charge in [0.1, 0.15) is 0 Å². The summed E-state index contributed by atoms with van der Waals surface area (Å²) in [6, 6.07) is 59.7. The highest BCUT2D eigenvalue weighted by Crippen LogP contribution is 2.43. The van der Waals surface area contributed by atoms with Crippen LogP contribution in [0.1, 0.15) is 0 Å². The Balaban J connectivity index is 1.18. The number of thiophene rings is 1. The summed E-state index contributed by atoms with van der Waals surface area (Å²) < 4.78 is 4.80. The molecule has 0 spiro atoms. The first-order valence-electron chi connectivity index (χ1n) is 16.7. The zero-order valence-corrected chi connectivity index (χ0v) is 27.7. The van der Waals surface area contributed by atoms with Gasteiger partial charge in [0.2, 0.25) is 0 Å². The van der Waals surface area contributed by atoms with Crippen LogP contribution in [0.3, 0.4) is 0 Å². The van der Waals surface area contributed by atoms with Crippen LogP contribution in [-0.4, -0.2) is 19.5 Å². The number of benzene rings is 7. The molecule has 3 heterocycles. The van der Waals surface area contributed by atoms with E-state index in [2.05, 4.69) is 114 Å². The van der Waals surface area contributed by atoms with E-state index in [0.717, 1.165) is 22.4 Å². The third-order valence-electron chi connectivity index (χ3n) is 9.46. The van der Waals surface area contributed by atoms with Gasteiger partial charge in [0, 0.05) is 58.9 Å². The number of hydrogen-bond acceptors (Lipinski definition) is 4. The highest BCUT2D eigenvalue weighted by atomic mass is 32.1. The standard InChI is InChI=1S/C45H28N4S/c1-4-14-29(15-5-1)43-46-44(30-16-6-2-7-17-30)48-45(47-43)37-24-13-23-36-38-28-31(26-27-40(38)50-42(36)37)33-21-12-22-35-34-20-10-11-25-39(34)49(41(33)35)32-18-8-3-9-19-32/h1-28H. The topological polar surface area (TPSA) is 43.6 Å². The van der Waals surface area contributed by atoms with E-state index < -0.39 is 0 Å². The third-order valence-corrected chi connectivity index (χ3v) is 10.7. The Hall–Kier alpha value is -6.43. The molecule has 0 radical (unpaired) electrons. The molecule has 10 rings (SSSR count). The molecule has 0 unspecified atom stereocenters. The maximum Gasteiger partial charge on any atom is 0.165 e. The van der Waals surface area contributed by atoms with Crippen LogP contribution in [0.2, 0.25) is 0 Å². The van der Waals surface area contributed by atoms with Gasteiger partial charge in [-0.1, -0.05) is 133 Å². The Kier molecular flexibility index (Phi) is 6.64. The molecule has 4 nitrogen and oxygen atoms in total. The van der Waals surface area contributed by atoms with Crippen LogP contribution in [0.15, 0.2) is 170 Å². The molecule has 0 aliphatic rings. The maximum atomic E-state index is 5.06. The van der Waals surface area contributed by atoms with Crippen LogP contribution in [0, 0.1) is 0 Å². The first kappa shape index (κ1) is 28.6. The SMILES string of the molecule is c1ccc(-c2nc(-c3ccccc3)nc(-c3cccc4c3sc3ccc(-c5cccc6c7ccccc7n(-c7ccccc7)c56)cc34)n2)cc1. The number of rotatable bonds is 5. The monoisotopic (exact) mass is 656 g/mol. The van der Waals surface area contributed by atoms with Crippen molar-refractivity contribution in [3.8, 4) is 51.0 Å². The largest absolute Gasteiger partial charge is 0.309 e. The number of aromatic nitrogens is 4. The number of fused-ring (bicyclic) bond motifs is 6. The molecular weight excluding hydrogens is 629 g/mol. The van der Waals surface area contributed by atoms with Gasteiger partial charge in [0.05, 0.1) is 11.0 Å². The van der Waals surface area contributed by atoms with Crippen molar-refractivity contribution >= 4 is 53.3 Å². The van der Waals surface area contributed by atoms with Gasteiger partial charge in [0.25, 0.3) is 0 Å². The average molecular weight is 657 g/mol. The van der Waals surface area contributed by atoms with Gasteiger partial charge >= 0.3 is 0 Å².